The van der Waals surface area contributed by atoms with Crippen molar-refractivity contribution in [1.82, 2.24) is 15.1 Å². The molecule has 1 fully saturated rings. The second kappa shape index (κ2) is 9.03. The van der Waals surface area contributed by atoms with Gasteiger partial charge < -0.3 is 15.4 Å². The predicted octanol–water partition coefficient (Wildman–Crippen LogP) is 1.54. The lowest BCUT2D eigenvalue weighted by Crippen LogP contribution is -2.49. The maximum Gasteiger partial charge on any atom is 0.410 e. The zero-order valence-corrected chi connectivity index (χ0v) is 16.0. The maximum absolute atomic E-state index is 12.4. The highest BCUT2D eigenvalue weighted by atomic mass is 16.6. The lowest BCUT2D eigenvalue weighted by molar-refractivity contribution is -0.121. The highest BCUT2D eigenvalue weighted by Crippen LogP contribution is 2.20. The number of amides is 4. The molecule has 4 amide bonds. The van der Waals surface area contributed by atoms with Gasteiger partial charge in [0.25, 0.3) is 0 Å². The molecule has 1 rings (SSSR count). The molecule has 3 N–H and O–H groups in total. The molecule has 0 aromatic carbocycles. The molecule has 8 heteroatoms. The van der Waals surface area contributed by atoms with Crippen molar-refractivity contribution in [3.05, 3.63) is 0 Å². The van der Waals surface area contributed by atoms with Crippen molar-refractivity contribution in [2.24, 2.45) is 11.7 Å². The third-order valence-corrected chi connectivity index (χ3v) is 3.94. The SMILES string of the molecule is CC(C)N(C[C@@H]1CCCN(CC(=O)NC(N)=O)C1)C(=O)OC(C)(C)C. The van der Waals surface area contributed by atoms with E-state index >= 15 is 0 Å². The molecule has 0 saturated carbocycles. The molecule has 0 aliphatic carbocycles. The van der Waals surface area contributed by atoms with Crippen molar-refractivity contribution in [3.63, 3.8) is 0 Å². The molecule has 0 spiro atoms. The number of nitrogens with zero attached hydrogens (tertiary/aromatic N) is 2. The molecule has 8 nitrogen and oxygen atoms in total. The Balaban J connectivity index is 2.61. The second-order valence-electron chi connectivity index (χ2n) is 7.88. The molecule has 1 atom stereocenters. The standard InChI is InChI=1S/C17H32N4O4/c1-12(2)21(16(24)25-17(3,4)5)10-13-7-6-8-20(9-13)11-14(22)19-15(18)23/h12-13H,6-11H2,1-5H3,(H3,18,19,22,23)/t13-/m1/s1. The number of rotatable bonds is 5. The van der Waals surface area contributed by atoms with E-state index in [1.165, 1.54) is 0 Å². The number of primary amides is 1. The number of urea groups is 1. The molecule has 1 aliphatic rings. The van der Waals surface area contributed by atoms with E-state index in [9.17, 15) is 14.4 Å². The molecule has 0 aromatic heterocycles. The monoisotopic (exact) mass is 356 g/mol. The molecule has 1 saturated heterocycles. The van der Waals surface area contributed by atoms with E-state index < -0.39 is 17.5 Å². The van der Waals surface area contributed by atoms with Gasteiger partial charge >= 0.3 is 12.1 Å². The Bertz CT molecular complexity index is 488. The summed E-state index contributed by atoms with van der Waals surface area (Å²) in [5.74, 6) is -0.147. The van der Waals surface area contributed by atoms with Crippen LogP contribution in [-0.4, -0.2) is 65.7 Å². The largest absolute Gasteiger partial charge is 0.444 e. The van der Waals surface area contributed by atoms with Crippen LogP contribution >= 0.6 is 0 Å². The molecule has 0 radical (unpaired) electrons. The van der Waals surface area contributed by atoms with Gasteiger partial charge in [0.15, 0.2) is 0 Å². The summed E-state index contributed by atoms with van der Waals surface area (Å²) in [7, 11) is 0. The van der Waals surface area contributed by atoms with Gasteiger partial charge in [0, 0.05) is 19.1 Å². The topological polar surface area (TPSA) is 105 Å². The van der Waals surface area contributed by atoms with Gasteiger partial charge in [-0.2, -0.15) is 0 Å². The van der Waals surface area contributed by atoms with E-state index in [4.69, 9.17) is 10.5 Å². The number of imide groups is 1. The summed E-state index contributed by atoms with van der Waals surface area (Å²) >= 11 is 0. The first kappa shape index (κ1) is 21.2. The highest BCUT2D eigenvalue weighted by molar-refractivity contribution is 5.94. The van der Waals surface area contributed by atoms with Gasteiger partial charge in [-0.25, -0.2) is 9.59 Å². The average Bonchev–Trinajstić information content (AvgIpc) is 2.41. The third kappa shape index (κ3) is 8.20. The van der Waals surface area contributed by atoms with E-state index in [0.29, 0.717) is 13.1 Å². The molecular formula is C17H32N4O4. The van der Waals surface area contributed by atoms with Crippen LogP contribution in [0.1, 0.15) is 47.5 Å². The van der Waals surface area contributed by atoms with Crippen molar-refractivity contribution in [2.75, 3.05) is 26.2 Å². The molecule has 25 heavy (non-hydrogen) atoms. The summed E-state index contributed by atoms with van der Waals surface area (Å²) in [5.41, 5.74) is 4.43. The normalized spacial score (nSPS) is 18.7. The number of hydrogen-bond acceptors (Lipinski definition) is 5. The van der Waals surface area contributed by atoms with Crippen LogP contribution in [0.2, 0.25) is 0 Å². The van der Waals surface area contributed by atoms with Crippen molar-refractivity contribution in [2.45, 2.75) is 59.1 Å². The molecule has 0 unspecified atom stereocenters. The smallest absolute Gasteiger partial charge is 0.410 e. The average molecular weight is 356 g/mol. The van der Waals surface area contributed by atoms with Gasteiger partial charge in [0.1, 0.15) is 5.60 Å². The van der Waals surface area contributed by atoms with Crippen LogP contribution in [0.4, 0.5) is 9.59 Å². The fraction of sp³-hybridized carbons (Fsp3) is 0.824. The zero-order chi connectivity index (χ0) is 19.2. The van der Waals surface area contributed by atoms with E-state index in [-0.39, 0.29) is 24.6 Å². The first-order valence-corrected chi connectivity index (χ1v) is 8.79. The van der Waals surface area contributed by atoms with Gasteiger partial charge in [-0.15, -0.1) is 0 Å². The number of nitrogens with two attached hydrogens (primary N) is 1. The van der Waals surface area contributed by atoms with Crippen molar-refractivity contribution in [1.29, 1.82) is 0 Å². The Morgan fingerprint density at radius 2 is 1.96 bits per heavy atom. The molecular weight excluding hydrogens is 324 g/mol. The van der Waals surface area contributed by atoms with Crippen LogP contribution in [0, 0.1) is 5.92 Å². The Kier molecular flexibility index (Phi) is 7.66. The maximum atomic E-state index is 12.4. The van der Waals surface area contributed by atoms with Crippen LogP contribution in [0.15, 0.2) is 0 Å². The summed E-state index contributed by atoms with van der Waals surface area (Å²) in [6.07, 6.45) is 1.61. The van der Waals surface area contributed by atoms with Gasteiger partial charge in [-0.3, -0.25) is 15.0 Å². The molecule has 0 bridgehead atoms. The number of nitrogens with one attached hydrogen (secondary N) is 1. The van der Waals surface area contributed by atoms with Gasteiger partial charge in [0.05, 0.1) is 6.54 Å². The second-order valence-corrected chi connectivity index (χ2v) is 7.88. The first-order chi connectivity index (χ1) is 11.5. The number of hydrogen-bond donors (Lipinski definition) is 2. The number of likely N-dealkylation sites (tertiary alicyclic amines) is 1. The summed E-state index contributed by atoms with van der Waals surface area (Å²) in [6, 6.07) is -0.808. The first-order valence-electron chi connectivity index (χ1n) is 8.79. The summed E-state index contributed by atoms with van der Waals surface area (Å²) in [6.45, 7) is 11.7. The Hall–Kier alpha value is -1.83. The van der Waals surface area contributed by atoms with Crippen LogP contribution in [0.3, 0.4) is 0 Å². The van der Waals surface area contributed by atoms with E-state index in [0.717, 1.165) is 19.4 Å². The van der Waals surface area contributed by atoms with E-state index in [2.05, 4.69) is 5.32 Å². The Morgan fingerprint density at radius 3 is 2.48 bits per heavy atom. The van der Waals surface area contributed by atoms with Crippen LogP contribution < -0.4 is 11.1 Å². The summed E-state index contributed by atoms with van der Waals surface area (Å²) in [5, 5.41) is 2.08. The molecule has 0 aromatic rings. The lowest BCUT2D eigenvalue weighted by atomic mass is 9.97. The molecule has 1 aliphatic heterocycles. The Morgan fingerprint density at radius 1 is 1.32 bits per heavy atom. The number of carbonyl (C=O) groups excluding carboxylic acids is 3. The van der Waals surface area contributed by atoms with Crippen molar-refractivity contribution < 1.29 is 19.1 Å². The lowest BCUT2D eigenvalue weighted by Gasteiger charge is -2.37. The van der Waals surface area contributed by atoms with Gasteiger partial charge in [0.2, 0.25) is 5.91 Å². The fourth-order valence-electron chi connectivity index (χ4n) is 2.92. The Labute approximate surface area is 150 Å². The number of ether oxygens (including phenoxy) is 1. The van der Waals surface area contributed by atoms with E-state index in [1.54, 1.807) is 4.90 Å². The van der Waals surface area contributed by atoms with Crippen molar-refractivity contribution in [3.8, 4) is 0 Å². The fourth-order valence-corrected chi connectivity index (χ4v) is 2.92. The van der Waals surface area contributed by atoms with Gasteiger partial charge in [-0.05, 0) is 59.9 Å². The summed E-state index contributed by atoms with van der Waals surface area (Å²) < 4.78 is 5.50. The summed E-state index contributed by atoms with van der Waals surface area (Å²) in [4.78, 5) is 38.6. The van der Waals surface area contributed by atoms with Crippen LogP contribution in [0.5, 0.6) is 0 Å². The number of piperidine rings is 1. The molecule has 1 heterocycles. The minimum Gasteiger partial charge on any atom is -0.444 e. The zero-order valence-electron chi connectivity index (χ0n) is 16.0. The minimum absolute atomic E-state index is 0.0309. The quantitative estimate of drug-likeness (QED) is 0.777. The number of carbonyl (C=O) groups is 3. The highest BCUT2D eigenvalue weighted by Gasteiger charge is 2.29. The van der Waals surface area contributed by atoms with Crippen molar-refractivity contribution >= 4 is 18.0 Å². The van der Waals surface area contributed by atoms with Crippen LogP contribution in [-0.2, 0) is 9.53 Å². The van der Waals surface area contributed by atoms with Crippen LogP contribution in [0.25, 0.3) is 0 Å². The van der Waals surface area contributed by atoms with Gasteiger partial charge in [-0.1, -0.05) is 0 Å². The third-order valence-electron chi connectivity index (χ3n) is 3.94. The van der Waals surface area contributed by atoms with E-state index in [1.807, 2.05) is 39.5 Å². The molecule has 144 valence electrons. The minimum atomic E-state index is -0.838. The predicted molar refractivity (Wildman–Crippen MR) is 95.0 cm³/mol.